The Kier molecular flexibility index (Phi) is 3.61. The predicted octanol–water partition coefficient (Wildman–Crippen LogP) is 4.28. The highest BCUT2D eigenvalue weighted by atomic mass is 19.1. The van der Waals surface area contributed by atoms with Crippen LogP contribution in [0.3, 0.4) is 0 Å². The Bertz CT molecular complexity index is 672. The molecule has 2 aliphatic carbocycles. The van der Waals surface area contributed by atoms with Crippen LogP contribution in [0, 0.1) is 23.6 Å². The fourth-order valence-electron chi connectivity index (χ4n) is 4.91. The molecular weight excluding hydrogens is 277 g/mol. The molecule has 1 aromatic carbocycles. The molecule has 22 heavy (non-hydrogen) atoms. The fraction of sp³-hybridized carbons (Fsp3) is 0.526. The maximum atomic E-state index is 13.6. The monoisotopic (exact) mass is 299 g/mol. The third-order valence-corrected chi connectivity index (χ3v) is 5.83. The van der Waals surface area contributed by atoms with Crippen molar-refractivity contribution in [2.45, 2.75) is 38.0 Å². The SMILES string of the molecule is OCC[C@H]1C[C@@H]2C[C@H](c3ccnc4ccc(F)cc34)C[C@@H]2C1. The normalized spacial score (nSPS) is 30.8. The molecule has 116 valence electrons. The highest BCUT2D eigenvalue weighted by molar-refractivity contribution is 5.82. The van der Waals surface area contributed by atoms with Gasteiger partial charge >= 0.3 is 0 Å². The number of rotatable bonds is 3. The van der Waals surface area contributed by atoms with E-state index in [0.29, 0.717) is 18.4 Å². The number of pyridine rings is 1. The van der Waals surface area contributed by atoms with Gasteiger partial charge in [0.2, 0.25) is 0 Å². The molecule has 4 rings (SSSR count). The highest BCUT2D eigenvalue weighted by Crippen LogP contribution is 2.53. The molecule has 0 saturated heterocycles. The Balaban J connectivity index is 1.59. The van der Waals surface area contributed by atoms with Gasteiger partial charge in [0, 0.05) is 18.2 Å². The van der Waals surface area contributed by atoms with E-state index in [1.54, 1.807) is 12.1 Å². The van der Waals surface area contributed by atoms with Crippen LogP contribution in [0.1, 0.15) is 43.6 Å². The molecule has 0 aliphatic heterocycles. The quantitative estimate of drug-likeness (QED) is 0.918. The van der Waals surface area contributed by atoms with E-state index in [0.717, 1.165) is 29.2 Å². The van der Waals surface area contributed by atoms with Crippen LogP contribution in [-0.4, -0.2) is 16.7 Å². The largest absolute Gasteiger partial charge is 0.396 e. The molecule has 0 amide bonds. The van der Waals surface area contributed by atoms with Gasteiger partial charge in [-0.2, -0.15) is 0 Å². The first-order valence-electron chi connectivity index (χ1n) is 8.39. The van der Waals surface area contributed by atoms with Crippen molar-refractivity contribution in [1.82, 2.24) is 4.98 Å². The number of nitrogens with zero attached hydrogens (tertiary/aromatic N) is 1. The number of aliphatic hydroxyl groups is 1. The van der Waals surface area contributed by atoms with E-state index < -0.39 is 0 Å². The fourth-order valence-corrected chi connectivity index (χ4v) is 4.91. The number of aliphatic hydroxyl groups excluding tert-OH is 1. The molecular formula is C19H22FNO. The van der Waals surface area contributed by atoms with Gasteiger partial charge in [-0.3, -0.25) is 4.98 Å². The molecule has 2 fully saturated rings. The van der Waals surface area contributed by atoms with Crippen LogP contribution in [0.4, 0.5) is 4.39 Å². The molecule has 0 bridgehead atoms. The number of hydrogen-bond donors (Lipinski definition) is 1. The standard InChI is InChI=1S/C19H22FNO/c20-16-1-2-19-18(11-16)17(3-5-21-19)15-9-13-7-12(4-6-22)8-14(13)10-15/h1-3,5,11-15,22H,4,6-10H2/t12-,13+,14-,15-. The lowest BCUT2D eigenvalue weighted by Gasteiger charge is -2.16. The molecule has 2 aliphatic rings. The van der Waals surface area contributed by atoms with Crippen LogP contribution in [0.25, 0.3) is 10.9 Å². The van der Waals surface area contributed by atoms with Crippen molar-refractivity contribution < 1.29 is 9.50 Å². The molecule has 4 atom stereocenters. The summed E-state index contributed by atoms with van der Waals surface area (Å²) in [7, 11) is 0. The first-order valence-corrected chi connectivity index (χ1v) is 8.39. The second-order valence-electron chi connectivity index (χ2n) is 7.10. The van der Waals surface area contributed by atoms with Crippen molar-refractivity contribution in [2.24, 2.45) is 17.8 Å². The van der Waals surface area contributed by atoms with Crippen molar-refractivity contribution >= 4 is 10.9 Å². The minimum absolute atomic E-state index is 0.178. The first kappa shape index (κ1) is 14.1. The van der Waals surface area contributed by atoms with E-state index in [1.165, 1.54) is 37.3 Å². The molecule has 2 saturated carbocycles. The zero-order chi connectivity index (χ0) is 15.1. The Morgan fingerprint density at radius 1 is 1.09 bits per heavy atom. The van der Waals surface area contributed by atoms with Crippen LogP contribution < -0.4 is 0 Å². The van der Waals surface area contributed by atoms with Gasteiger partial charge in [-0.25, -0.2) is 4.39 Å². The zero-order valence-electron chi connectivity index (χ0n) is 12.7. The molecule has 2 nitrogen and oxygen atoms in total. The summed E-state index contributed by atoms with van der Waals surface area (Å²) in [6.07, 6.45) is 7.77. The summed E-state index contributed by atoms with van der Waals surface area (Å²) < 4.78 is 13.6. The average molecular weight is 299 g/mol. The number of halogens is 1. The van der Waals surface area contributed by atoms with Gasteiger partial charge in [-0.1, -0.05) is 0 Å². The molecule has 3 heteroatoms. The summed E-state index contributed by atoms with van der Waals surface area (Å²) >= 11 is 0. The molecule has 1 N–H and O–H groups in total. The zero-order valence-corrected chi connectivity index (χ0v) is 12.7. The van der Waals surface area contributed by atoms with Crippen molar-refractivity contribution in [3.05, 3.63) is 41.8 Å². The predicted molar refractivity (Wildman–Crippen MR) is 85.1 cm³/mol. The van der Waals surface area contributed by atoms with Crippen molar-refractivity contribution in [1.29, 1.82) is 0 Å². The summed E-state index contributed by atoms with van der Waals surface area (Å²) in [6, 6.07) is 6.99. The Labute approximate surface area is 130 Å². The van der Waals surface area contributed by atoms with Crippen LogP contribution >= 0.6 is 0 Å². The van der Waals surface area contributed by atoms with E-state index in [4.69, 9.17) is 5.11 Å². The van der Waals surface area contributed by atoms with Crippen molar-refractivity contribution in [3.8, 4) is 0 Å². The van der Waals surface area contributed by atoms with Crippen LogP contribution in [0.15, 0.2) is 30.5 Å². The maximum Gasteiger partial charge on any atom is 0.123 e. The molecule has 1 aromatic heterocycles. The van der Waals surface area contributed by atoms with Gasteiger partial charge in [0.1, 0.15) is 5.82 Å². The lowest BCUT2D eigenvalue weighted by Crippen LogP contribution is -2.03. The Morgan fingerprint density at radius 2 is 1.86 bits per heavy atom. The van der Waals surface area contributed by atoms with Gasteiger partial charge < -0.3 is 5.11 Å². The summed E-state index contributed by atoms with van der Waals surface area (Å²) in [5, 5.41) is 10.1. The minimum atomic E-state index is -0.178. The number of aromatic nitrogens is 1. The average Bonchev–Trinajstić information content (AvgIpc) is 3.05. The van der Waals surface area contributed by atoms with E-state index in [-0.39, 0.29) is 5.82 Å². The van der Waals surface area contributed by atoms with Gasteiger partial charge in [0.05, 0.1) is 5.52 Å². The third kappa shape index (κ3) is 2.41. The maximum absolute atomic E-state index is 13.6. The third-order valence-electron chi connectivity index (χ3n) is 5.83. The van der Waals surface area contributed by atoms with E-state index >= 15 is 0 Å². The summed E-state index contributed by atoms with van der Waals surface area (Å²) in [5.41, 5.74) is 2.17. The summed E-state index contributed by atoms with van der Waals surface area (Å²) in [4.78, 5) is 4.37. The molecule has 1 heterocycles. The van der Waals surface area contributed by atoms with E-state index in [9.17, 15) is 4.39 Å². The first-order chi connectivity index (χ1) is 10.7. The summed E-state index contributed by atoms with van der Waals surface area (Å²) in [6.45, 7) is 0.321. The van der Waals surface area contributed by atoms with Gasteiger partial charge in [0.15, 0.2) is 0 Å². The molecule has 2 aromatic rings. The lowest BCUT2D eigenvalue weighted by atomic mass is 9.90. The van der Waals surface area contributed by atoms with Gasteiger partial charge in [-0.15, -0.1) is 0 Å². The number of hydrogen-bond acceptors (Lipinski definition) is 2. The van der Waals surface area contributed by atoms with Crippen LogP contribution in [-0.2, 0) is 0 Å². The number of benzene rings is 1. The van der Waals surface area contributed by atoms with Gasteiger partial charge in [-0.05, 0) is 85.6 Å². The topological polar surface area (TPSA) is 33.1 Å². The lowest BCUT2D eigenvalue weighted by molar-refractivity contribution is 0.253. The number of fused-ring (bicyclic) bond motifs is 2. The summed E-state index contributed by atoms with van der Waals surface area (Å²) in [5.74, 6) is 2.66. The van der Waals surface area contributed by atoms with Crippen LogP contribution in [0.5, 0.6) is 0 Å². The Hall–Kier alpha value is -1.48. The smallest absolute Gasteiger partial charge is 0.123 e. The van der Waals surface area contributed by atoms with E-state index in [2.05, 4.69) is 11.1 Å². The molecule has 0 radical (unpaired) electrons. The van der Waals surface area contributed by atoms with Crippen LogP contribution in [0.2, 0.25) is 0 Å². The van der Waals surface area contributed by atoms with Crippen molar-refractivity contribution in [2.75, 3.05) is 6.61 Å². The van der Waals surface area contributed by atoms with Crippen molar-refractivity contribution in [3.63, 3.8) is 0 Å². The highest BCUT2D eigenvalue weighted by Gasteiger charge is 2.41. The Morgan fingerprint density at radius 3 is 2.59 bits per heavy atom. The molecule has 0 unspecified atom stereocenters. The van der Waals surface area contributed by atoms with E-state index in [1.807, 2.05) is 6.20 Å². The van der Waals surface area contributed by atoms with Gasteiger partial charge in [0.25, 0.3) is 0 Å². The second-order valence-corrected chi connectivity index (χ2v) is 7.10. The minimum Gasteiger partial charge on any atom is -0.396 e. The molecule has 0 spiro atoms. The second kappa shape index (κ2) is 5.62.